The minimum atomic E-state index is -1.10. The molecule has 0 aliphatic carbocycles. The average molecular weight is 434 g/mol. The Bertz CT molecular complexity index is 998. The molecule has 0 amide bonds. The highest BCUT2D eigenvalue weighted by Gasteiger charge is 2.29. The molecule has 2 aromatic rings. The van der Waals surface area contributed by atoms with Gasteiger partial charge in [-0.3, -0.25) is 9.36 Å². The number of fused-ring (bicyclic) bond motifs is 3. The van der Waals surface area contributed by atoms with Crippen LogP contribution in [0.15, 0.2) is 35.3 Å². The van der Waals surface area contributed by atoms with Crippen LogP contribution in [-0.4, -0.2) is 48.2 Å². The van der Waals surface area contributed by atoms with E-state index in [1.54, 1.807) is 0 Å². The highest BCUT2D eigenvalue weighted by atomic mass is 35.5. The SMILES string of the molecule is C[C@H]1COc2cn(C(C[C@@H]3COCCO3)C(=O)O)c(=O)cc2-c2cc(Cl)ccc2C1. The van der Waals surface area contributed by atoms with E-state index < -0.39 is 17.6 Å². The maximum atomic E-state index is 13.0. The van der Waals surface area contributed by atoms with Gasteiger partial charge >= 0.3 is 5.97 Å². The molecule has 7 nitrogen and oxygen atoms in total. The zero-order valence-corrected chi connectivity index (χ0v) is 17.4. The molecule has 1 saturated heterocycles. The van der Waals surface area contributed by atoms with Gasteiger partial charge in [0.25, 0.3) is 5.56 Å². The highest BCUT2D eigenvalue weighted by Crippen LogP contribution is 2.37. The number of carboxylic acid groups (broad SMARTS) is 1. The van der Waals surface area contributed by atoms with Crippen LogP contribution in [0.3, 0.4) is 0 Å². The van der Waals surface area contributed by atoms with Gasteiger partial charge in [0.15, 0.2) is 0 Å². The van der Waals surface area contributed by atoms with Gasteiger partial charge in [-0.15, -0.1) is 0 Å². The summed E-state index contributed by atoms with van der Waals surface area (Å²) in [4.78, 5) is 25.0. The number of aliphatic carboxylic acids is 1. The van der Waals surface area contributed by atoms with Crippen LogP contribution in [0.2, 0.25) is 5.02 Å². The van der Waals surface area contributed by atoms with Crippen LogP contribution in [0.1, 0.15) is 24.9 Å². The molecule has 1 aromatic carbocycles. The van der Waals surface area contributed by atoms with E-state index in [0.717, 1.165) is 17.5 Å². The number of ether oxygens (including phenoxy) is 3. The van der Waals surface area contributed by atoms with Crippen molar-refractivity contribution in [1.29, 1.82) is 0 Å². The number of halogens is 1. The molecule has 1 unspecified atom stereocenters. The van der Waals surface area contributed by atoms with Crippen LogP contribution < -0.4 is 10.3 Å². The monoisotopic (exact) mass is 433 g/mol. The number of hydrogen-bond acceptors (Lipinski definition) is 5. The van der Waals surface area contributed by atoms with Crippen molar-refractivity contribution in [2.24, 2.45) is 5.92 Å². The largest absolute Gasteiger partial charge is 0.491 e. The molecule has 0 bridgehead atoms. The van der Waals surface area contributed by atoms with Gasteiger partial charge in [-0.2, -0.15) is 0 Å². The van der Waals surface area contributed by atoms with Gasteiger partial charge < -0.3 is 19.3 Å². The van der Waals surface area contributed by atoms with Crippen molar-refractivity contribution in [2.45, 2.75) is 31.9 Å². The van der Waals surface area contributed by atoms with E-state index >= 15 is 0 Å². The molecule has 160 valence electrons. The van der Waals surface area contributed by atoms with Crippen molar-refractivity contribution in [3.05, 3.63) is 51.4 Å². The molecule has 3 heterocycles. The number of hydrogen-bond donors (Lipinski definition) is 1. The molecule has 0 radical (unpaired) electrons. The molecular formula is C22H24ClNO6. The van der Waals surface area contributed by atoms with E-state index in [-0.39, 0.29) is 18.4 Å². The molecule has 1 aromatic heterocycles. The van der Waals surface area contributed by atoms with Gasteiger partial charge in [-0.05, 0) is 35.6 Å². The van der Waals surface area contributed by atoms with Crippen LogP contribution in [0, 0.1) is 5.92 Å². The number of carboxylic acids is 1. The Balaban J connectivity index is 1.77. The first kappa shape index (κ1) is 20.9. The number of nitrogens with zero attached hydrogens (tertiary/aromatic N) is 1. The Morgan fingerprint density at radius 1 is 1.27 bits per heavy atom. The van der Waals surface area contributed by atoms with Crippen molar-refractivity contribution in [3.63, 3.8) is 0 Å². The van der Waals surface area contributed by atoms with Crippen molar-refractivity contribution < 1.29 is 24.1 Å². The summed E-state index contributed by atoms with van der Waals surface area (Å²) >= 11 is 6.22. The summed E-state index contributed by atoms with van der Waals surface area (Å²) in [6.45, 7) is 3.75. The first-order valence-corrected chi connectivity index (χ1v) is 10.4. The van der Waals surface area contributed by atoms with Crippen molar-refractivity contribution in [3.8, 4) is 16.9 Å². The van der Waals surface area contributed by atoms with Crippen LogP contribution in [0.25, 0.3) is 11.1 Å². The topological polar surface area (TPSA) is 87.0 Å². The molecular weight excluding hydrogens is 410 g/mol. The maximum absolute atomic E-state index is 13.0. The zero-order valence-electron chi connectivity index (χ0n) is 16.7. The van der Waals surface area contributed by atoms with Crippen LogP contribution in [0.5, 0.6) is 5.75 Å². The summed E-state index contributed by atoms with van der Waals surface area (Å²) in [7, 11) is 0. The summed E-state index contributed by atoms with van der Waals surface area (Å²) in [5.41, 5.74) is 2.13. The zero-order chi connectivity index (χ0) is 21.3. The number of pyridine rings is 1. The van der Waals surface area contributed by atoms with Crippen LogP contribution in [-0.2, 0) is 20.7 Å². The van der Waals surface area contributed by atoms with E-state index in [1.165, 1.54) is 16.8 Å². The number of rotatable bonds is 4. The first-order valence-electron chi connectivity index (χ1n) is 10.0. The Labute approximate surface area is 179 Å². The smallest absolute Gasteiger partial charge is 0.326 e. The van der Waals surface area contributed by atoms with Gasteiger partial charge in [0.05, 0.1) is 38.7 Å². The quantitative estimate of drug-likeness (QED) is 0.796. The van der Waals surface area contributed by atoms with Gasteiger partial charge in [0.1, 0.15) is 11.8 Å². The predicted molar refractivity (Wildman–Crippen MR) is 111 cm³/mol. The molecule has 30 heavy (non-hydrogen) atoms. The van der Waals surface area contributed by atoms with Crippen molar-refractivity contribution >= 4 is 17.6 Å². The molecule has 2 aliphatic rings. The standard InChI is InChI=1S/C22H24ClNO6/c1-13-6-14-2-3-15(23)7-17(14)18-9-21(25)24(10-20(18)30-11-13)19(22(26)27)8-16-12-28-4-5-29-16/h2-3,7,9-10,13,16,19H,4-6,8,11-12H2,1H3,(H,26,27)/t13-,16-,19?/m1/s1. The molecule has 1 fully saturated rings. The third kappa shape index (κ3) is 4.38. The molecule has 0 saturated carbocycles. The lowest BCUT2D eigenvalue weighted by Crippen LogP contribution is -2.36. The number of carbonyl (C=O) groups is 1. The summed E-state index contributed by atoms with van der Waals surface area (Å²) in [5.74, 6) is -0.382. The van der Waals surface area contributed by atoms with E-state index in [2.05, 4.69) is 6.92 Å². The lowest BCUT2D eigenvalue weighted by atomic mass is 9.92. The number of benzene rings is 1. The van der Waals surface area contributed by atoms with E-state index in [9.17, 15) is 14.7 Å². The van der Waals surface area contributed by atoms with Crippen LogP contribution in [0.4, 0.5) is 0 Å². The second-order valence-corrected chi connectivity index (χ2v) is 8.31. The third-order valence-electron chi connectivity index (χ3n) is 5.49. The summed E-state index contributed by atoms with van der Waals surface area (Å²) in [6.07, 6.45) is 2.05. The Kier molecular flexibility index (Phi) is 6.13. The van der Waals surface area contributed by atoms with E-state index in [4.69, 9.17) is 25.8 Å². The van der Waals surface area contributed by atoms with Gasteiger partial charge in [-0.25, -0.2) is 4.79 Å². The average Bonchev–Trinajstić information content (AvgIpc) is 2.72. The lowest BCUT2D eigenvalue weighted by molar-refractivity contribution is -0.145. The maximum Gasteiger partial charge on any atom is 0.326 e. The van der Waals surface area contributed by atoms with Gasteiger partial charge in [0, 0.05) is 23.1 Å². The number of aromatic nitrogens is 1. The Morgan fingerprint density at radius 3 is 2.83 bits per heavy atom. The van der Waals surface area contributed by atoms with Gasteiger partial charge in [0.2, 0.25) is 0 Å². The Hall–Kier alpha value is -2.35. The first-order chi connectivity index (χ1) is 14.4. The minimum absolute atomic E-state index is 0.132. The second kappa shape index (κ2) is 8.79. The fourth-order valence-electron chi connectivity index (χ4n) is 4.00. The van der Waals surface area contributed by atoms with E-state index in [1.807, 2.05) is 18.2 Å². The Morgan fingerprint density at radius 2 is 2.10 bits per heavy atom. The van der Waals surface area contributed by atoms with E-state index in [0.29, 0.717) is 42.8 Å². The van der Waals surface area contributed by atoms with Crippen molar-refractivity contribution in [2.75, 3.05) is 26.4 Å². The molecule has 1 N–H and O–H groups in total. The molecule has 3 atom stereocenters. The molecule has 4 rings (SSSR count). The fraction of sp³-hybridized carbons (Fsp3) is 0.455. The summed E-state index contributed by atoms with van der Waals surface area (Å²) in [5, 5.41) is 10.4. The lowest BCUT2D eigenvalue weighted by Gasteiger charge is -2.27. The molecule has 8 heteroatoms. The van der Waals surface area contributed by atoms with Crippen molar-refractivity contribution in [1.82, 2.24) is 4.57 Å². The predicted octanol–water partition coefficient (Wildman–Crippen LogP) is 3.17. The second-order valence-electron chi connectivity index (χ2n) is 7.88. The van der Waals surface area contributed by atoms with Gasteiger partial charge in [-0.1, -0.05) is 24.6 Å². The molecule has 0 spiro atoms. The summed E-state index contributed by atoms with van der Waals surface area (Å²) < 4.78 is 18.2. The fourth-order valence-corrected chi connectivity index (χ4v) is 4.17. The van der Waals surface area contributed by atoms with Crippen LogP contribution >= 0.6 is 11.6 Å². The summed E-state index contributed by atoms with van der Waals surface area (Å²) in [6, 6.07) is 5.98. The third-order valence-corrected chi connectivity index (χ3v) is 5.72. The minimum Gasteiger partial charge on any atom is -0.491 e. The highest BCUT2D eigenvalue weighted by molar-refractivity contribution is 6.30. The normalized spacial score (nSPS) is 22.1. The molecule has 2 aliphatic heterocycles.